The van der Waals surface area contributed by atoms with Crippen molar-refractivity contribution in [3.63, 3.8) is 0 Å². The number of methoxy groups -OCH3 is 1. The van der Waals surface area contributed by atoms with Crippen LogP contribution in [-0.2, 0) is 5.75 Å². The van der Waals surface area contributed by atoms with E-state index in [1.54, 1.807) is 30.6 Å². The lowest BCUT2D eigenvalue weighted by atomic mass is 10.2. The van der Waals surface area contributed by atoms with E-state index in [0.717, 1.165) is 22.0 Å². The fraction of sp³-hybridized carbons (Fsp3) is 0.0952. The Labute approximate surface area is 190 Å². The molecule has 5 aromatic rings. The van der Waals surface area contributed by atoms with Crippen LogP contribution in [0.4, 0.5) is 4.39 Å². The Bertz CT molecular complexity index is 1330. The highest BCUT2D eigenvalue weighted by Crippen LogP contribution is 2.32. The van der Waals surface area contributed by atoms with E-state index >= 15 is 0 Å². The van der Waals surface area contributed by atoms with E-state index in [1.807, 2.05) is 51.0 Å². The Balaban J connectivity index is 1.53. The molecule has 0 amide bonds. The summed E-state index contributed by atoms with van der Waals surface area (Å²) in [5.74, 6) is 1.51. The second-order valence-electron chi connectivity index (χ2n) is 6.58. The van der Waals surface area contributed by atoms with E-state index in [4.69, 9.17) is 16.3 Å². The Morgan fingerprint density at radius 1 is 1.16 bits per heavy atom. The van der Waals surface area contributed by atoms with Crippen molar-refractivity contribution in [3.8, 4) is 22.8 Å². The summed E-state index contributed by atoms with van der Waals surface area (Å²) in [6, 6.07) is 12.1. The number of nitrogens with zero attached hydrogens (tertiary/aromatic N) is 5. The summed E-state index contributed by atoms with van der Waals surface area (Å²) < 4.78 is 22.9. The van der Waals surface area contributed by atoms with Gasteiger partial charge in [0.2, 0.25) is 0 Å². The highest BCUT2D eigenvalue weighted by Gasteiger charge is 2.18. The monoisotopic (exact) mass is 471 g/mol. The zero-order chi connectivity index (χ0) is 21.4. The number of halogens is 2. The van der Waals surface area contributed by atoms with Crippen LogP contribution in [0.3, 0.4) is 0 Å². The highest BCUT2D eigenvalue weighted by atomic mass is 35.5. The number of thiazole rings is 1. The maximum Gasteiger partial charge on any atom is 0.196 e. The second-order valence-corrected chi connectivity index (χ2v) is 8.80. The third kappa shape index (κ3) is 3.91. The predicted octanol–water partition coefficient (Wildman–Crippen LogP) is 5.74. The molecule has 0 aliphatic rings. The molecule has 3 aromatic heterocycles. The van der Waals surface area contributed by atoms with Gasteiger partial charge in [0.25, 0.3) is 0 Å². The summed E-state index contributed by atoms with van der Waals surface area (Å²) >= 11 is 9.15. The quantitative estimate of drug-likeness (QED) is 0.296. The summed E-state index contributed by atoms with van der Waals surface area (Å²) in [6.07, 6.45) is 3.98. The first kappa shape index (κ1) is 20.0. The molecule has 31 heavy (non-hydrogen) atoms. The standard InChI is InChI=1S/C21H15ClFN5OS2/c1-29-16-5-2-13(3-6-16)19-25-26-21(28(19)15-4-7-18(23)17(22)10-15)31-12-14-11-27-8-9-30-20(27)24-14/h2-11H,12H2,1H3. The van der Waals surface area contributed by atoms with Gasteiger partial charge >= 0.3 is 0 Å². The lowest BCUT2D eigenvalue weighted by Crippen LogP contribution is -2.00. The van der Waals surface area contributed by atoms with Crippen molar-refractivity contribution in [2.24, 2.45) is 0 Å². The summed E-state index contributed by atoms with van der Waals surface area (Å²) in [5.41, 5.74) is 2.47. The number of hydrogen-bond donors (Lipinski definition) is 0. The number of fused-ring (bicyclic) bond motifs is 1. The van der Waals surface area contributed by atoms with Crippen molar-refractivity contribution in [1.82, 2.24) is 24.1 Å². The average molecular weight is 472 g/mol. The number of thioether (sulfide) groups is 1. The summed E-state index contributed by atoms with van der Waals surface area (Å²) in [6.45, 7) is 0. The van der Waals surface area contributed by atoms with Crippen LogP contribution >= 0.6 is 34.7 Å². The fourth-order valence-electron chi connectivity index (χ4n) is 3.13. The minimum Gasteiger partial charge on any atom is -0.497 e. The minimum atomic E-state index is -0.475. The molecular weight excluding hydrogens is 457 g/mol. The molecule has 6 nitrogen and oxygen atoms in total. The van der Waals surface area contributed by atoms with Gasteiger partial charge in [-0.05, 0) is 42.5 Å². The first-order chi connectivity index (χ1) is 15.1. The minimum absolute atomic E-state index is 0.0390. The van der Waals surface area contributed by atoms with Crippen LogP contribution in [0.15, 0.2) is 65.4 Å². The van der Waals surface area contributed by atoms with Crippen LogP contribution in [0.1, 0.15) is 5.69 Å². The molecule has 0 unspecified atom stereocenters. The second kappa shape index (κ2) is 8.33. The maximum atomic E-state index is 13.8. The van der Waals surface area contributed by atoms with Gasteiger partial charge < -0.3 is 4.74 Å². The average Bonchev–Trinajstić information content (AvgIpc) is 3.49. The van der Waals surface area contributed by atoms with Crippen molar-refractivity contribution in [3.05, 3.63) is 76.8 Å². The Hall–Kier alpha value is -2.88. The van der Waals surface area contributed by atoms with Crippen LogP contribution in [0.5, 0.6) is 5.75 Å². The highest BCUT2D eigenvalue weighted by molar-refractivity contribution is 7.98. The zero-order valence-corrected chi connectivity index (χ0v) is 18.6. The zero-order valence-electron chi connectivity index (χ0n) is 16.2. The van der Waals surface area contributed by atoms with E-state index in [-0.39, 0.29) is 5.02 Å². The van der Waals surface area contributed by atoms with Gasteiger partial charge in [-0.25, -0.2) is 9.37 Å². The lowest BCUT2D eigenvalue weighted by molar-refractivity contribution is 0.415. The Morgan fingerprint density at radius 3 is 2.74 bits per heavy atom. The Morgan fingerprint density at radius 2 is 2.00 bits per heavy atom. The van der Waals surface area contributed by atoms with Gasteiger partial charge in [0.15, 0.2) is 15.9 Å². The molecule has 0 fully saturated rings. The molecule has 3 heterocycles. The van der Waals surface area contributed by atoms with Gasteiger partial charge in [0.1, 0.15) is 11.6 Å². The van der Waals surface area contributed by atoms with E-state index in [9.17, 15) is 4.39 Å². The first-order valence-corrected chi connectivity index (χ1v) is 11.5. The molecule has 5 rings (SSSR count). The fourth-order valence-corrected chi connectivity index (χ4v) is 4.86. The molecule has 2 aromatic carbocycles. The number of aromatic nitrogens is 5. The number of hydrogen-bond acceptors (Lipinski definition) is 6. The van der Waals surface area contributed by atoms with Gasteiger partial charge in [-0.15, -0.1) is 21.5 Å². The van der Waals surface area contributed by atoms with Crippen molar-refractivity contribution >= 4 is 39.7 Å². The summed E-state index contributed by atoms with van der Waals surface area (Å²) in [7, 11) is 1.62. The van der Waals surface area contributed by atoms with Gasteiger partial charge in [-0.3, -0.25) is 8.97 Å². The van der Waals surface area contributed by atoms with Crippen molar-refractivity contribution in [2.45, 2.75) is 10.9 Å². The molecule has 0 bridgehead atoms. The van der Waals surface area contributed by atoms with E-state index in [1.165, 1.54) is 17.8 Å². The third-order valence-corrected chi connectivity index (χ3v) is 6.66. The van der Waals surface area contributed by atoms with Gasteiger partial charge in [-0.1, -0.05) is 23.4 Å². The molecule has 0 radical (unpaired) electrons. The molecule has 0 atom stereocenters. The SMILES string of the molecule is COc1ccc(-c2nnc(SCc3cn4ccsc4n3)n2-c2ccc(F)c(Cl)c2)cc1. The van der Waals surface area contributed by atoms with Crippen LogP contribution in [0.25, 0.3) is 22.0 Å². The molecule has 0 saturated carbocycles. The van der Waals surface area contributed by atoms with E-state index in [2.05, 4.69) is 15.2 Å². The molecule has 0 saturated heterocycles. The third-order valence-electron chi connectivity index (χ3n) is 4.64. The number of ether oxygens (including phenoxy) is 1. The normalized spacial score (nSPS) is 11.3. The maximum absolute atomic E-state index is 13.8. The lowest BCUT2D eigenvalue weighted by Gasteiger charge is -2.11. The number of benzene rings is 2. The number of imidazole rings is 1. The van der Waals surface area contributed by atoms with E-state index < -0.39 is 5.82 Å². The molecule has 0 spiro atoms. The molecule has 0 N–H and O–H groups in total. The van der Waals surface area contributed by atoms with Gasteiger partial charge in [0, 0.05) is 29.1 Å². The first-order valence-electron chi connectivity index (χ1n) is 9.21. The van der Waals surface area contributed by atoms with Crippen molar-refractivity contribution in [1.29, 1.82) is 0 Å². The van der Waals surface area contributed by atoms with Gasteiger partial charge in [0.05, 0.1) is 23.5 Å². The predicted molar refractivity (Wildman–Crippen MR) is 121 cm³/mol. The molecule has 0 aliphatic carbocycles. The smallest absolute Gasteiger partial charge is 0.196 e. The topological polar surface area (TPSA) is 57.2 Å². The molecule has 10 heteroatoms. The van der Waals surface area contributed by atoms with Crippen LogP contribution in [-0.4, -0.2) is 31.3 Å². The van der Waals surface area contributed by atoms with Crippen molar-refractivity contribution in [2.75, 3.05) is 7.11 Å². The molecular formula is C21H15ClFN5OS2. The van der Waals surface area contributed by atoms with Gasteiger partial charge in [-0.2, -0.15) is 0 Å². The molecule has 156 valence electrons. The Kier molecular flexibility index (Phi) is 5.39. The largest absolute Gasteiger partial charge is 0.497 e. The van der Waals surface area contributed by atoms with Crippen molar-refractivity contribution < 1.29 is 9.13 Å². The summed E-state index contributed by atoms with van der Waals surface area (Å²) in [5, 5.41) is 11.5. The van der Waals surface area contributed by atoms with E-state index in [0.29, 0.717) is 22.4 Å². The number of rotatable bonds is 6. The van der Waals surface area contributed by atoms with Crippen LogP contribution < -0.4 is 4.74 Å². The van der Waals surface area contributed by atoms with Crippen LogP contribution in [0, 0.1) is 5.82 Å². The van der Waals surface area contributed by atoms with Crippen LogP contribution in [0.2, 0.25) is 5.02 Å². The molecule has 0 aliphatic heterocycles. The summed E-state index contributed by atoms with van der Waals surface area (Å²) in [4.78, 5) is 5.56.